The van der Waals surface area contributed by atoms with Gasteiger partial charge in [-0.1, -0.05) is 76.6 Å². The number of ether oxygens (including phenoxy) is 1. The highest BCUT2D eigenvalue weighted by molar-refractivity contribution is 9.09. The number of hydrogen-bond acceptors (Lipinski definition) is 5. The highest BCUT2D eigenvalue weighted by atomic mass is 79.9. The molecule has 0 aromatic heterocycles. The van der Waals surface area contributed by atoms with E-state index in [0.717, 1.165) is 11.1 Å². The van der Waals surface area contributed by atoms with E-state index in [9.17, 15) is 19.5 Å². The Kier molecular flexibility index (Phi) is 6.89. The van der Waals surface area contributed by atoms with E-state index in [0.29, 0.717) is 19.5 Å². The lowest BCUT2D eigenvalue weighted by Crippen LogP contribution is -2.57. The first-order valence-corrected chi connectivity index (χ1v) is 13.2. The summed E-state index contributed by atoms with van der Waals surface area (Å²) >= 11 is 3.66. The molecule has 0 saturated carbocycles. The highest BCUT2D eigenvalue weighted by Crippen LogP contribution is 2.60. The maximum Gasteiger partial charge on any atom is 0.246 e. The van der Waals surface area contributed by atoms with E-state index >= 15 is 0 Å². The molecule has 190 valence electrons. The molecule has 3 heterocycles. The first-order chi connectivity index (χ1) is 17.4. The van der Waals surface area contributed by atoms with Crippen molar-refractivity contribution in [3.05, 3.63) is 71.8 Å². The Bertz CT molecular complexity index is 1130. The largest absolute Gasteiger partial charge is 0.394 e. The summed E-state index contributed by atoms with van der Waals surface area (Å²) in [5.41, 5.74) is 0.736. The third kappa shape index (κ3) is 4.13. The molecular weight excluding hydrogens is 526 g/mol. The second kappa shape index (κ2) is 9.95. The summed E-state index contributed by atoms with van der Waals surface area (Å²) in [7, 11) is 0. The molecule has 0 aliphatic carbocycles. The number of benzene rings is 2. The van der Waals surface area contributed by atoms with Crippen LogP contribution in [0.25, 0.3) is 0 Å². The molecule has 1 spiro atoms. The average molecular weight is 556 g/mol. The van der Waals surface area contributed by atoms with Crippen LogP contribution in [0.15, 0.2) is 60.7 Å². The van der Waals surface area contributed by atoms with Gasteiger partial charge in [0.15, 0.2) is 0 Å². The first-order valence-electron chi connectivity index (χ1n) is 12.3. The van der Waals surface area contributed by atoms with Crippen LogP contribution in [0.2, 0.25) is 0 Å². The van der Waals surface area contributed by atoms with Crippen molar-refractivity contribution in [1.82, 2.24) is 15.5 Å². The number of hydrogen-bond donors (Lipinski definition) is 3. The Morgan fingerprint density at radius 2 is 1.61 bits per heavy atom. The van der Waals surface area contributed by atoms with Crippen molar-refractivity contribution in [2.24, 2.45) is 11.8 Å². The second-order valence-corrected chi connectivity index (χ2v) is 11.0. The van der Waals surface area contributed by atoms with Crippen molar-refractivity contribution in [2.75, 3.05) is 6.61 Å². The maximum atomic E-state index is 13.8. The van der Waals surface area contributed by atoms with Crippen LogP contribution in [-0.2, 0) is 32.2 Å². The van der Waals surface area contributed by atoms with E-state index in [1.165, 1.54) is 4.90 Å². The molecule has 0 radical (unpaired) electrons. The van der Waals surface area contributed by atoms with Gasteiger partial charge in [0.05, 0.1) is 30.6 Å². The van der Waals surface area contributed by atoms with Crippen LogP contribution in [0.1, 0.15) is 24.5 Å². The lowest BCUT2D eigenvalue weighted by Gasteiger charge is -2.35. The van der Waals surface area contributed by atoms with Crippen LogP contribution in [-0.4, -0.2) is 63.0 Å². The fourth-order valence-electron chi connectivity index (χ4n) is 6.01. The van der Waals surface area contributed by atoms with Gasteiger partial charge in [0.25, 0.3) is 0 Å². The van der Waals surface area contributed by atoms with E-state index in [1.807, 2.05) is 60.7 Å². The average Bonchev–Trinajstić information content (AvgIpc) is 3.50. The molecule has 3 aliphatic rings. The smallest absolute Gasteiger partial charge is 0.246 e. The van der Waals surface area contributed by atoms with Crippen LogP contribution in [0.4, 0.5) is 0 Å². The fourth-order valence-corrected chi connectivity index (χ4v) is 6.96. The van der Waals surface area contributed by atoms with E-state index < -0.39 is 35.6 Å². The minimum Gasteiger partial charge on any atom is -0.394 e. The summed E-state index contributed by atoms with van der Waals surface area (Å²) in [5.74, 6) is -2.47. The van der Waals surface area contributed by atoms with Crippen molar-refractivity contribution in [1.29, 1.82) is 0 Å². The van der Waals surface area contributed by atoms with Gasteiger partial charge in [0.1, 0.15) is 11.6 Å². The van der Waals surface area contributed by atoms with Gasteiger partial charge in [0, 0.05) is 17.9 Å². The number of carbonyl (C=O) groups is 3. The van der Waals surface area contributed by atoms with E-state index in [-0.39, 0.29) is 29.2 Å². The Morgan fingerprint density at radius 1 is 1.06 bits per heavy atom. The minimum atomic E-state index is -1.14. The third-order valence-corrected chi connectivity index (χ3v) is 8.48. The van der Waals surface area contributed by atoms with Gasteiger partial charge in [-0.05, 0) is 24.5 Å². The summed E-state index contributed by atoms with van der Waals surface area (Å²) in [6.07, 6.45) is -0.0973. The van der Waals surface area contributed by atoms with Crippen molar-refractivity contribution in [3.8, 4) is 0 Å². The number of amides is 3. The van der Waals surface area contributed by atoms with Gasteiger partial charge in [-0.3, -0.25) is 14.4 Å². The number of nitrogens with one attached hydrogen (secondary N) is 2. The SMILES string of the molecule is C[C@H](CO)N1C(=O)[C@@H]2[C@@H](C(=O)NCc3ccccc3)[C@@H]3OC2(CC3Br)C1C(=O)NCc1ccccc1. The highest BCUT2D eigenvalue weighted by Gasteiger charge is 2.76. The molecule has 3 fully saturated rings. The number of aliphatic hydroxyl groups excluding tert-OH is 1. The first kappa shape index (κ1) is 24.9. The standard InChI is InChI=1S/C27H30BrN3O5/c1-16(15-32)31-23(25(34)30-14-18-10-6-3-7-11-18)27-12-19(28)22(36-27)20(21(27)26(31)35)24(33)29-13-17-8-4-2-5-9-17/h2-11,16,19-23,32H,12-15H2,1H3,(H,29,33)(H,30,34)/t16-,19?,20-,21+,22-,23?,27?/m1/s1. The molecule has 7 atom stereocenters. The summed E-state index contributed by atoms with van der Waals surface area (Å²) in [4.78, 5) is 42.1. The van der Waals surface area contributed by atoms with Gasteiger partial charge >= 0.3 is 0 Å². The third-order valence-electron chi connectivity index (χ3n) is 7.64. The summed E-state index contributed by atoms with van der Waals surface area (Å²) in [6.45, 7) is 2.04. The molecule has 2 bridgehead atoms. The fraction of sp³-hybridized carbons (Fsp3) is 0.444. The van der Waals surface area contributed by atoms with Crippen LogP contribution in [0, 0.1) is 11.8 Å². The zero-order valence-electron chi connectivity index (χ0n) is 20.0. The molecule has 8 nitrogen and oxygen atoms in total. The normalized spacial score (nSPS) is 31.2. The van der Waals surface area contributed by atoms with E-state index in [4.69, 9.17) is 4.74 Å². The number of carbonyl (C=O) groups excluding carboxylic acids is 3. The van der Waals surface area contributed by atoms with Crippen LogP contribution in [0.5, 0.6) is 0 Å². The Morgan fingerprint density at radius 3 is 2.17 bits per heavy atom. The zero-order chi connectivity index (χ0) is 25.4. The van der Waals surface area contributed by atoms with E-state index in [2.05, 4.69) is 26.6 Å². The predicted molar refractivity (Wildman–Crippen MR) is 136 cm³/mol. The number of nitrogens with zero attached hydrogens (tertiary/aromatic N) is 1. The minimum absolute atomic E-state index is 0.178. The number of aliphatic hydroxyl groups is 1. The Balaban J connectivity index is 1.42. The Hall–Kier alpha value is -2.75. The summed E-state index contributed by atoms with van der Waals surface area (Å²) in [5, 5.41) is 15.9. The second-order valence-electron chi connectivity index (χ2n) is 9.85. The lowest BCUT2D eigenvalue weighted by molar-refractivity contribution is -0.145. The molecule has 2 aromatic rings. The molecule has 2 aromatic carbocycles. The van der Waals surface area contributed by atoms with Crippen LogP contribution < -0.4 is 10.6 Å². The van der Waals surface area contributed by atoms with Crippen LogP contribution >= 0.6 is 15.9 Å². The number of alkyl halides is 1. The van der Waals surface area contributed by atoms with Crippen molar-refractivity contribution < 1.29 is 24.2 Å². The van der Waals surface area contributed by atoms with Crippen molar-refractivity contribution >= 4 is 33.7 Å². The molecule has 36 heavy (non-hydrogen) atoms. The van der Waals surface area contributed by atoms with Gasteiger partial charge < -0.3 is 25.4 Å². The molecular formula is C27H30BrN3O5. The molecule has 3 aliphatic heterocycles. The molecule has 3 saturated heterocycles. The number of likely N-dealkylation sites (tertiary alicyclic amines) is 1. The van der Waals surface area contributed by atoms with Gasteiger partial charge in [-0.15, -0.1) is 0 Å². The number of halogens is 1. The van der Waals surface area contributed by atoms with E-state index in [1.54, 1.807) is 6.92 Å². The molecule has 3 unspecified atom stereocenters. The Labute approximate surface area is 218 Å². The zero-order valence-corrected chi connectivity index (χ0v) is 21.6. The van der Waals surface area contributed by atoms with Crippen molar-refractivity contribution in [3.63, 3.8) is 0 Å². The topological polar surface area (TPSA) is 108 Å². The molecule has 9 heteroatoms. The monoisotopic (exact) mass is 555 g/mol. The van der Waals surface area contributed by atoms with Crippen LogP contribution in [0.3, 0.4) is 0 Å². The summed E-state index contributed by atoms with van der Waals surface area (Å²) < 4.78 is 6.45. The molecule has 3 amide bonds. The van der Waals surface area contributed by atoms with Gasteiger partial charge in [-0.2, -0.15) is 0 Å². The number of rotatable bonds is 8. The molecule has 5 rings (SSSR count). The molecule has 3 N–H and O–H groups in total. The van der Waals surface area contributed by atoms with Gasteiger partial charge in [-0.25, -0.2) is 0 Å². The predicted octanol–water partition coefficient (Wildman–Crippen LogP) is 1.75. The van der Waals surface area contributed by atoms with Gasteiger partial charge in [0.2, 0.25) is 17.7 Å². The lowest BCUT2D eigenvalue weighted by atomic mass is 9.70. The quantitative estimate of drug-likeness (QED) is 0.430. The van der Waals surface area contributed by atoms with Crippen molar-refractivity contribution in [2.45, 2.75) is 55.0 Å². The summed E-state index contributed by atoms with van der Waals surface area (Å²) in [6, 6.07) is 17.5. The maximum absolute atomic E-state index is 13.8. The number of fused-ring (bicyclic) bond motifs is 1.